The molecule has 1 N–H and O–H groups in total. The fraction of sp³-hybridized carbons (Fsp3) is 0.809. The lowest BCUT2D eigenvalue weighted by atomic mass is 9.32. The average molecular weight is 868 g/mol. The maximum Gasteiger partial charge on any atom is 0.309 e. The molecule has 62 heavy (non-hydrogen) atoms. The van der Waals surface area contributed by atoms with E-state index in [2.05, 4.69) is 58.4 Å². The molecule has 2 heterocycles. The van der Waals surface area contributed by atoms with Crippen LogP contribution in [0, 0.1) is 56.7 Å². The first-order valence-corrected chi connectivity index (χ1v) is 22.7. The Bertz CT molecular complexity index is 1950. The molecule has 1 aromatic heterocycles. The SMILES string of the molecule is C=C(C)[C@@H]1CC[C@]2(C(=O)O)CC[C@]3(C)[C@H](CC[C@@H]4[C@@]5(C)CC[C@H](OCc6cn([C@@H]7O[C@H](COC(C)=O)[C@H](OC(C)=O)[C@H](OC(C)=O)[C@H]7OC(C)=O)nn6)C(C)(C)[C@@H]5CC[C@]43C)[C@@H]12. The van der Waals surface area contributed by atoms with Crippen LogP contribution in [0.4, 0.5) is 0 Å². The Balaban J connectivity index is 1.08. The number of rotatable bonds is 11. The number of ether oxygens (including phenoxy) is 6. The lowest BCUT2D eigenvalue weighted by molar-refractivity contribution is -0.270. The van der Waals surface area contributed by atoms with E-state index in [0.717, 1.165) is 69.8 Å². The van der Waals surface area contributed by atoms with Crippen molar-refractivity contribution in [1.82, 2.24) is 15.0 Å². The van der Waals surface area contributed by atoms with Gasteiger partial charge in [0.2, 0.25) is 0 Å². The van der Waals surface area contributed by atoms with Gasteiger partial charge in [0.25, 0.3) is 0 Å². The average Bonchev–Trinajstić information content (AvgIpc) is 3.81. The van der Waals surface area contributed by atoms with Gasteiger partial charge in [0, 0.05) is 27.7 Å². The van der Waals surface area contributed by atoms with E-state index in [1.54, 1.807) is 6.20 Å². The number of carbonyl (C=O) groups excluding carboxylic acids is 4. The minimum atomic E-state index is -1.33. The van der Waals surface area contributed by atoms with Crippen molar-refractivity contribution in [2.75, 3.05) is 6.61 Å². The van der Waals surface area contributed by atoms with Crippen LogP contribution in [0.2, 0.25) is 0 Å². The smallest absolute Gasteiger partial charge is 0.309 e. The lowest BCUT2D eigenvalue weighted by Crippen LogP contribution is -2.67. The van der Waals surface area contributed by atoms with E-state index in [-0.39, 0.29) is 52.8 Å². The molecule has 6 fully saturated rings. The van der Waals surface area contributed by atoms with Gasteiger partial charge in [-0.15, -0.1) is 5.10 Å². The lowest BCUT2D eigenvalue weighted by Gasteiger charge is -2.72. The minimum absolute atomic E-state index is 0.0471. The Hall–Kier alpha value is -3.85. The number of hydrogen-bond donors (Lipinski definition) is 1. The number of fused-ring (bicyclic) bond motifs is 7. The Morgan fingerprint density at radius 3 is 2.06 bits per heavy atom. The molecule has 15 atom stereocenters. The van der Waals surface area contributed by atoms with Gasteiger partial charge in [-0.3, -0.25) is 24.0 Å². The van der Waals surface area contributed by atoms with Gasteiger partial charge >= 0.3 is 29.8 Å². The van der Waals surface area contributed by atoms with E-state index >= 15 is 0 Å². The van der Waals surface area contributed by atoms with Crippen LogP contribution in [0.3, 0.4) is 0 Å². The van der Waals surface area contributed by atoms with Gasteiger partial charge in [-0.2, -0.15) is 0 Å². The molecule has 15 nitrogen and oxygen atoms in total. The van der Waals surface area contributed by atoms with Crippen LogP contribution in [-0.2, 0) is 59.0 Å². The van der Waals surface area contributed by atoms with Crippen molar-refractivity contribution >= 4 is 29.8 Å². The first-order valence-electron chi connectivity index (χ1n) is 22.7. The predicted molar refractivity (Wildman–Crippen MR) is 222 cm³/mol. The molecule has 0 spiro atoms. The molecule has 1 aromatic rings. The molecule has 1 aliphatic heterocycles. The molecule has 0 bridgehead atoms. The van der Waals surface area contributed by atoms with Crippen LogP contribution in [-0.4, -0.2) is 87.1 Å². The van der Waals surface area contributed by atoms with Gasteiger partial charge in [0.1, 0.15) is 18.4 Å². The monoisotopic (exact) mass is 867 g/mol. The number of hydrogen-bond acceptors (Lipinski definition) is 13. The molecular weight excluding hydrogens is 799 g/mol. The number of aliphatic carboxylic acids is 1. The maximum atomic E-state index is 13.1. The predicted octanol–water partition coefficient (Wildman–Crippen LogP) is 7.16. The highest BCUT2D eigenvalue weighted by Gasteiger charge is 2.72. The zero-order valence-electron chi connectivity index (χ0n) is 38.4. The normalized spacial score (nSPS) is 41.9. The van der Waals surface area contributed by atoms with E-state index in [4.69, 9.17) is 28.4 Å². The third kappa shape index (κ3) is 7.58. The van der Waals surface area contributed by atoms with Crippen molar-refractivity contribution in [2.24, 2.45) is 56.7 Å². The van der Waals surface area contributed by atoms with Crippen LogP contribution < -0.4 is 0 Å². The van der Waals surface area contributed by atoms with Crippen molar-refractivity contribution in [2.45, 2.75) is 177 Å². The van der Waals surface area contributed by atoms with Crippen LogP contribution in [0.15, 0.2) is 18.3 Å². The van der Waals surface area contributed by atoms with Gasteiger partial charge < -0.3 is 33.5 Å². The summed E-state index contributed by atoms with van der Waals surface area (Å²) in [7, 11) is 0. The fourth-order valence-electron chi connectivity index (χ4n) is 14.9. The van der Waals surface area contributed by atoms with Crippen molar-refractivity contribution in [1.29, 1.82) is 0 Å². The summed E-state index contributed by atoms with van der Waals surface area (Å²) in [6.45, 7) is 23.4. The highest BCUT2D eigenvalue weighted by atomic mass is 16.7. The molecule has 5 saturated carbocycles. The standard InChI is InChI=1S/C47H69N3O12/c1-25(2)31-14-19-47(42(55)56)21-20-45(10)32(37(31)47)12-13-35-44(9)17-16-36(43(7,8)34(44)15-18-46(35,45)11)58-23-30-22-50(49-48-30)41-40(61-29(6)54)39(60-28(5)53)38(59-27(4)52)33(62-41)24-57-26(3)51/h22,31-41H,1,12-21,23-24H2,2-11H3,(H,55,56)/t31-,32+,33+,34-,35+,36-,37+,38-,39-,40+,41+,44-,45+,46+,47-/m0/s1. The zero-order valence-corrected chi connectivity index (χ0v) is 38.4. The Labute approximate surface area is 365 Å². The minimum Gasteiger partial charge on any atom is -0.481 e. The van der Waals surface area contributed by atoms with E-state index in [1.807, 2.05) is 0 Å². The van der Waals surface area contributed by atoms with Gasteiger partial charge in [-0.25, -0.2) is 4.68 Å². The first-order chi connectivity index (χ1) is 29.0. The molecule has 6 aliphatic rings. The number of nitrogens with zero attached hydrogens (tertiary/aromatic N) is 3. The number of carboxylic acid groups (broad SMARTS) is 1. The summed E-state index contributed by atoms with van der Waals surface area (Å²) >= 11 is 0. The molecule has 0 aromatic carbocycles. The molecule has 0 amide bonds. The zero-order chi connectivity index (χ0) is 45.3. The molecule has 15 heteroatoms. The summed E-state index contributed by atoms with van der Waals surface area (Å²) in [5, 5.41) is 19.5. The Morgan fingerprint density at radius 1 is 0.774 bits per heavy atom. The summed E-state index contributed by atoms with van der Waals surface area (Å²) < 4.78 is 36.4. The molecular formula is C47H69N3O12. The summed E-state index contributed by atoms with van der Waals surface area (Å²) in [6, 6.07) is 0. The summed E-state index contributed by atoms with van der Waals surface area (Å²) in [5.41, 5.74) is 1.07. The molecule has 344 valence electrons. The molecule has 1 saturated heterocycles. The topological polar surface area (TPSA) is 192 Å². The number of carbonyl (C=O) groups is 5. The molecule has 5 aliphatic carbocycles. The quantitative estimate of drug-likeness (QED) is 0.134. The highest BCUT2D eigenvalue weighted by molar-refractivity contribution is 5.76. The third-order valence-corrected chi connectivity index (χ3v) is 17.6. The highest BCUT2D eigenvalue weighted by Crippen LogP contribution is 2.77. The number of allylic oxidation sites excluding steroid dienone is 1. The largest absolute Gasteiger partial charge is 0.481 e. The van der Waals surface area contributed by atoms with E-state index < -0.39 is 65.9 Å². The second-order valence-electron chi connectivity index (χ2n) is 21.1. The number of carboxylic acids is 1. The fourth-order valence-corrected chi connectivity index (χ4v) is 14.9. The number of aromatic nitrogens is 3. The summed E-state index contributed by atoms with van der Waals surface area (Å²) in [4.78, 5) is 61.9. The molecule has 0 radical (unpaired) electrons. The van der Waals surface area contributed by atoms with E-state index in [0.29, 0.717) is 23.4 Å². The second-order valence-corrected chi connectivity index (χ2v) is 21.1. The van der Waals surface area contributed by atoms with Gasteiger partial charge in [0.05, 0.1) is 24.3 Å². The van der Waals surface area contributed by atoms with Gasteiger partial charge in [-0.05, 0) is 122 Å². The summed E-state index contributed by atoms with van der Waals surface area (Å²) in [5.74, 6) is -1.64. The van der Waals surface area contributed by atoms with Gasteiger partial charge in [-0.1, -0.05) is 52.0 Å². The molecule has 7 rings (SSSR count). The Kier molecular flexibility index (Phi) is 12.4. The van der Waals surface area contributed by atoms with Crippen molar-refractivity contribution < 1.29 is 57.5 Å². The second kappa shape index (κ2) is 16.6. The summed E-state index contributed by atoms with van der Waals surface area (Å²) in [6.07, 6.45) is 5.00. The van der Waals surface area contributed by atoms with E-state index in [1.165, 1.54) is 32.4 Å². The van der Waals surface area contributed by atoms with Crippen molar-refractivity contribution in [3.63, 3.8) is 0 Å². The van der Waals surface area contributed by atoms with Crippen LogP contribution in [0.25, 0.3) is 0 Å². The Morgan fingerprint density at radius 2 is 1.44 bits per heavy atom. The van der Waals surface area contributed by atoms with Crippen LogP contribution in [0.1, 0.15) is 145 Å². The maximum absolute atomic E-state index is 13.1. The number of esters is 4. The molecule has 0 unspecified atom stereocenters. The van der Waals surface area contributed by atoms with Crippen LogP contribution >= 0.6 is 0 Å². The third-order valence-electron chi connectivity index (χ3n) is 17.6. The van der Waals surface area contributed by atoms with E-state index in [9.17, 15) is 29.1 Å². The van der Waals surface area contributed by atoms with Crippen molar-refractivity contribution in [3.05, 3.63) is 24.0 Å². The van der Waals surface area contributed by atoms with Crippen molar-refractivity contribution in [3.8, 4) is 0 Å². The van der Waals surface area contributed by atoms with Gasteiger partial charge in [0.15, 0.2) is 24.5 Å². The van der Waals surface area contributed by atoms with Crippen LogP contribution in [0.5, 0.6) is 0 Å². The first kappa shape index (κ1) is 46.2.